The van der Waals surface area contributed by atoms with Crippen LogP contribution in [0.4, 0.5) is 0 Å². The molecule has 0 radical (unpaired) electrons. The molecule has 0 aliphatic rings. The summed E-state index contributed by atoms with van der Waals surface area (Å²) in [6.45, 7) is 1.75. The van der Waals surface area contributed by atoms with Gasteiger partial charge in [0.25, 0.3) is 0 Å². The Bertz CT molecular complexity index is 862. The molecule has 1 aromatic heterocycles. The van der Waals surface area contributed by atoms with Gasteiger partial charge in [-0.25, -0.2) is 4.79 Å². The molecule has 3 rings (SSSR count). The van der Waals surface area contributed by atoms with Crippen molar-refractivity contribution in [1.29, 1.82) is 0 Å². The largest absolute Gasteiger partial charge is 0.453 e. The number of hydrogen-bond acceptors (Lipinski definition) is 3. The second kappa shape index (κ2) is 7.07. The van der Waals surface area contributed by atoms with Crippen LogP contribution in [0.15, 0.2) is 54.6 Å². The predicted octanol–water partition coefficient (Wildman–Crippen LogP) is 5.30. The lowest BCUT2D eigenvalue weighted by atomic mass is 10.1. The van der Waals surface area contributed by atoms with Crippen molar-refractivity contribution in [2.24, 2.45) is 0 Å². The lowest BCUT2D eigenvalue weighted by Crippen LogP contribution is -2.10. The Kier molecular flexibility index (Phi) is 4.88. The van der Waals surface area contributed by atoms with Crippen LogP contribution in [-0.4, -0.2) is 16.2 Å². The molecule has 24 heavy (non-hydrogen) atoms. The van der Waals surface area contributed by atoms with E-state index < -0.39 is 12.1 Å². The van der Waals surface area contributed by atoms with E-state index in [2.05, 4.69) is 10.2 Å². The highest BCUT2D eigenvalue weighted by molar-refractivity contribution is 6.35. The fraction of sp³-hybridized carbons (Fsp3) is 0.111. The van der Waals surface area contributed by atoms with Crippen molar-refractivity contribution in [3.63, 3.8) is 0 Å². The maximum absolute atomic E-state index is 12.3. The second-order valence-electron chi connectivity index (χ2n) is 5.25. The zero-order valence-corrected chi connectivity index (χ0v) is 14.3. The Balaban J connectivity index is 1.74. The first kappa shape index (κ1) is 16.6. The van der Waals surface area contributed by atoms with E-state index in [-0.39, 0.29) is 5.69 Å². The van der Waals surface area contributed by atoms with Crippen LogP contribution in [0, 0.1) is 0 Å². The Hall–Kier alpha value is -2.30. The zero-order chi connectivity index (χ0) is 17.1. The van der Waals surface area contributed by atoms with Crippen LogP contribution in [-0.2, 0) is 4.74 Å². The number of ether oxygens (including phenoxy) is 1. The number of nitrogens with zero attached hydrogens (tertiary/aromatic N) is 1. The molecule has 1 N–H and O–H groups in total. The molecular formula is C18H14Cl2N2O2. The first-order valence-corrected chi connectivity index (χ1v) is 8.07. The summed E-state index contributed by atoms with van der Waals surface area (Å²) in [7, 11) is 0. The highest BCUT2D eigenvalue weighted by atomic mass is 35.5. The number of halogens is 2. The summed E-state index contributed by atoms with van der Waals surface area (Å²) in [5.74, 6) is -0.497. The van der Waals surface area contributed by atoms with Gasteiger partial charge in [0, 0.05) is 21.2 Å². The van der Waals surface area contributed by atoms with Gasteiger partial charge in [0.1, 0.15) is 11.8 Å². The molecule has 0 aliphatic heterocycles. The first-order valence-electron chi connectivity index (χ1n) is 7.31. The van der Waals surface area contributed by atoms with Crippen LogP contribution in [0.1, 0.15) is 29.1 Å². The van der Waals surface area contributed by atoms with Crippen LogP contribution in [0.25, 0.3) is 11.3 Å². The number of nitrogens with one attached hydrogen (secondary N) is 1. The van der Waals surface area contributed by atoms with Gasteiger partial charge in [-0.1, -0.05) is 59.6 Å². The number of esters is 1. The number of hydrogen-bond donors (Lipinski definition) is 1. The van der Waals surface area contributed by atoms with Crippen LogP contribution in [0.3, 0.4) is 0 Å². The van der Waals surface area contributed by atoms with Crippen LogP contribution >= 0.6 is 23.2 Å². The number of carbonyl (C=O) groups is 1. The summed E-state index contributed by atoms with van der Waals surface area (Å²) >= 11 is 12.0. The summed E-state index contributed by atoms with van der Waals surface area (Å²) in [4.78, 5) is 12.3. The standard InChI is InChI=1S/C18H14Cl2N2O2/c1-11(14-8-7-13(19)9-15(14)20)24-18(23)17-10-16(21-22-17)12-5-3-2-4-6-12/h2-11H,1H3,(H,21,22). The molecule has 0 aliphatic carbocycles. The highest BCUT2D eigenvalue weighted by Gasteiger charge is 2.18. The number of benzene rings is 2. The van der Waals surface area contributed by atoms with Crippen LogP contribution in [0.5, 0.6) is 0 Å². The van der Waals surface area contributed by atoms with Crippen molar-refractivity contribution in [2.75, 3.05) is 0 Å². The van der Waals surface area contributed by atoms with E-state index in [4.69, 9.17) is 27.9 Å². The maximum Gasteiger partial charge on any atom is 0.356 e. The summed E-state index contributed by atoms with van der Waals surface area (Å²) in [5.41, 5.74) is 2.57. The average Bonchev–Trinajstić information content (AvgIpc) is 3.05. The molecule has 2 aromatic carbocycles. The average molecular weight is 361 g/mol. The molecular weight excluding hydrogens is 347 g/mol. The van der Waals surface area contributed by atoms with E-state index in [1.807, 2.05) is 30.3 Å². The number of aromatic amines is 1. The summed E-state index contributed by atoms with van der Waals surface area (Å²) < 4.78 is 5.45. The third-order valence-corrected chi connectivity index (χ3v) is 4.11. The Morgan fingerprint density at radius 1 is 1.12 bits per heavy atom. The molecule has 0 spiro atoms. The second-order valence-corrected chi connectivity index (χ2v) is 6.09. The Morgan fingerprint density at radius 3 is 2.58 bits per heavy atom. The SMILES string of the molecule is CC(OC(=O)c1cc(-c2ccccc2)n[nH]1)c1ccc(Cl)cc1Cl. The number of aromatic nitrogens is 2. The quantitative estimate of drug-likeness (QED) is 0.642. The third kappa shape index (κ3) is 3.61. The number of H-pyrrole nitrogens is 1. The normalized spacial score (nSPS) is 12.0. The van der Waals surface area contributed by atoms with Gasteiger partial charge in [-0.3, -0.25) is 5.10 Å². The van der Waals surface area contributed by atoms with E-state index in [9.17, 15) is 4.79 Å². The van der Waals surface area contributed by atoms with Crippen molar-refractivity contribution in [3.05, 3.63) is 75.9 Å². The molecule has 1 unspecified atom stereocenters. The minimum absolute atomic E-state index is 0.283. The van der Waals surface area contributed by atoms with Gasteiger partial charge in [0.15, 0.2) is 0 Å². The van der Waals surface area contributed by atoms with Crippen molar-refractivity contribution in [1.82, 2.24) is 10.2 Å². The number of carbonyl (C=O) groups excluding carboxylic acids is 1. The van der Waals surface area contributed by atoms with E-state index in [1.54, 1.807) is 31.2 Å². The van der Waals surface area contributed by atoms with E-state index >= 15 is 0 Å². The molecule has 1 atom stereocenters. The van der Waals surface area contributed by atoms with Crippen molar-refractivity contribution < 1.29 is 9.53 Å². The predicted molar refractivity (Wildman–Crippen MR) is 94.3 cm³/mol. The fourth-order valence-electron chi connectivity index (χ4n) is 2.30. The molecule has 0 fully saturated rings. The van der Waals surface area contributed by atoms with Gasteiger partial charge in [0.05, 0.1) is 5.69 Å². The molecule has 0 saturated carbocycles. The van der Waals surface area contributed by atoms with Crippen LogP contribution in [0.2, 0.25) is 10.0 Å². The van der Waals surface area contributed by atoms with Crippen LogP contribution < -0.4 is 0 Å². The number of rotatable bonds is 4. The Morgan fingerprint density at radius 2 is 1.88 bits per heavy atom. The summed E-state index contributed by atoms with van der Waals surface area (Å²) in [5, 5.41) is 7.84. The van der Waals surface area contributed by atoms with Crippen molar-refractivity contribution in [3.8, 4) is 11.3 Å². The lowest BCUT2D eigenvalue weighted by Gasteiger charge is -2.14. The third-order valence-electron chi connectivity index (χ3n) is 3.55. The van der Waals surface area contributed by atoms with Gasteiger partial charge in [-0.15, -0.1) is 0 Å². The van der Waals surface area contributed by atoms with Gasteiger partial charge in [-0.2, -0.15) is 5.10 Å². The molecule has 0 bridgehead atoms. The van der Waals surface area contributed by atoms with Gasteiger partial charge in [-0.05, 0) is 25.1 Å². The fourth-order valence-corrected chi connectivity index (χ4v) is 2.86. The minimum atomic E-state index is -0.509. The summed E-state index contributed by atoms with van der Waals surface area (Å²) in [6, 6.07) is 16.3. The maximum atomic E-state index is 12.3. The monoisotopic (exact) mass is 360 g/mol. The molecule has 122 valence electrons. The lowest BCUT2D eigenvalue weighted by molar-refractivity contribution is 0.0331. The van der Waals surface area contributed by atoms with E-state index in [0.29, 0.717) is 21.3 Å². The molecule has 6 heteroatoms. The smallest absolute Gasteiger partial charge is 0.356 e. The molecule has 0 amide bonds. The van der Waals surface area contributed by atoms with Gasteiger partial charge >= 0.3 is 5.97 Å². The van der Waals surface area contributed by atoms with Crippen molar-refractivity contribution in [2.45, 2.75) is 13.0 Å². The molecule has 0 saturated heterocycles. The minimum Gasteiger partial charge on any atom is -0.453 e. The summed E-state index contributed by atoms with van der Waals surface area (Å²) in [6.07, 6.45) is -0.509. The van der Waals surface area contributed by atoms with Gasteiger partial charge < -0.3 is 4.74 Å². The van der Waals surface area contributed by atoms with Crippen molar-refractivity contribution >= 4 is 29.2 Å². The van der Waals surface area contributed by atoms with E-state index in [0.717, 1.165) is 5.56 Å². The topological polar surface area (TPSA) is 55.0 Å². The zero-order valence-electron chi connectivity index (χ0n) is 12.8. The van der Waals surface area contributed by atoms with Gasteiger partial charge in [0.2, 0.25) is 0 Å². The molecule has 3 aromatic rings. The first-order chi connectivity index (χ1) is 11.5. The Labute approximate surface area is 149 Å². The molecule has 4 nitrogen and oxygen atoms in total. The molecule has 1 heterocycles. The van der Waals surface area contributed by atoms with E-state index in [1.165, 1.54) is 0 Å². The highest BCUT2D eigenvalue weighted by Crippen LogP contribution is 2.29.